The van der Waals surface area contributed by atoms with Crippen LogP contribution in [0.2, 0.25) is 0 Å². The monoisotopic (exact) mass is 325 g/mol. The van der Waals surface area contributed by atoms with Crippen LogP contribution in [-0.2, 0) is 26.1 Å². The van der Waals surface area contributed by atoms with Crippen molar-refractivity contribution in [2.75, 3.05) is 0 Å². The Bertz CT molecular complexity index is 545. The minimum absolute atomic E-state index is 0.733. The van der Waals surface area contributed by atoms with Gasteiger partial charge in [-0.1, -0.05) is 6.92 Å². The fraction of sp³-hybridized carbons (Fsp3) is 0.500. The van der Waals surface area contributed by atoms with Gasteiger partial charge in [0.25, 0.3) is 0 Å². The Hall–Kier alpha value is -1.07. The lowest BCUT2D eigenvalue weighted by Gasteiger charge is -2.06. The first-order valence-corrected chi connectivity index (χ1v) is 7.45. The second-order valence-electron chi connectivity index (χ2n) is 4.49. The van der Waals surface area contributed by atoms with E-state index in [1.165, 1.54) is 5.69 Å². The first-order chi connectivity index (χ1) is 9.15. The molecule has 19 heavy (non-hydrogen) atoms. The van der Waals surface area contributed by atoms with E-state index in [1.807, 2.05) is 23.7 Å². The Morgan fingerprint density at radius 3 is 2.68 bits per heavy atom. The van der Waals surface area contributed by atoms with Crippen molar-refractivity contribution in [2.24, 2.45) is 0 Å². The molecule has 0 saturated heterocycles. The van der Waals surface area contributed by atoms with Crippen LogP contribution in [0.1, 0.15) is 36.8 Å². The Labute approximate surface area is 122 Å². The lowest BCUT2D eigenvalue weighted by molar-refractivity contribution is 0.457. The van der Waals surface area contributed by atoms with Crippen LogP contribution in [0.5, 0.6) is 0 Å². The summed E-state index contributed by atoms with van der Waals surface area (Å²) < 4.78 is 8.71. The SMILES string of the molecule is CCc1nn(CC)c(CNCc2ccc(C)o2)c1Br. The number of rotatable bonds is 6. The summed E-state index contributed by atoms with van der Waals surface area (Å²) in [6.45, 7) is 8.58. The van der Waals surface area contributed by atoms with Gasteiger partial charge in [0.1, 0.15) is 11.5 Å². The number of nitrogens with zero attached hydrogens (tertiary/aromatic N) is 2. The molecule has 1 N–H and O–H groups in total. The molecule has 4 nitrogen and oxygen atoms in total. The first-order valence-electron chi connectivity index (χ1n) is 6.65. The van der Waals surface area contributed by atoms with E-state index in [0.717, 1.165) is 47.7 Å². The summed E-state index contributed by atoms with van der Waals surface area (Å²) in [7, 11) is 0. The molecule has 104 valence electrons. The molecule has 0 fully saturated rings. The standard InChI is InChI=1S/C14H20BrN3O/c1-4-12-14(15)13(18(5-2)17-12)9-16-8-11-7-6-10(3)19-11/h6-7,16H,4-5,8-9H2,1-3H3. The molecular formula is C14H20BrN3O. The summed E-state index contributed by atoms with van der Waals surface area (Å²) in [6.07, 6.45) is 0.942. The normalized spacial score (nSPS) is 11.2. The third kappa shape index (κ3) is 3.28. The maximum Gasteiger partial charge on any atom is 0.117 e. The maximum absolute atomic E-state index is 5.54. The zero-order valence-electron chi connectivity index (χ0n) is 11.7. The molecule has 0 aromatic carbocycles. The smallest absolute Gasteiger partial charge is 0.117 e. The number of hydrogen-bond acceptors (Lipinski definition) is 3. The summed E-state index contributed by atoms with van der Waals surface area (Å²) in [5, 5.41) is 7.98. The zero-order chi connectivity index (χ0) is 13.8. The number of aryl methyl sites for hydroxylation is 3. The van der Waals surface area contributed by atoms with E-state index in [1.54, 1.807) is 0 Å². The van der Waals surface area contributed by atoms with Crippen molar-refractivity contribution in [1.82, 2.24) is 15.1 Å². The van der Waals surface area contributed by atoms with Crippen LogP contribution >= 0.6 is 15.9 Å². The molecule has 0 aliphatic rings. The number of nitrogens with one attached hydrogen (secondary N) is 1. The third-order valence-corrected chi connectivity index (χ3v) is 4.00. The average Bonchev–Trinajstić information content (AvgIpc) is 2.94. The van der Waals surface area contributed by atoms with Gasteiger partial charge in [0, 0.05) is 13.1 Å². The minimum Gasteiger partial charge on any atom is -0.465 e. The zero-order valence-corrected chi connectivity index (χ0v) is 13.2. The lowest BCUT2D eigenvalue weighted by atomic mass is 10.3. The van der Waals surface area contributed by atoms with Gasteiger partial charge in [0.05, 0.1) is 22.4 Å². The van der Waals surface area contributed by atoms with Gasteiger partial charge in [-0.25, -0.2) is 0 Å². The number of aromatic nitrogens is 2. The second-order valence-corrected chi connectivity index (χ2v) is 5.29. The highest BCUT2D eigenvalue weighted by molar-refractivity contribution is 9.10. The fourth-order valence-electron chi connectivity index (χ4n) is 2.07. The molecule has 2 heterocycles. The molecule has 2 aromatic heterocycles. The summed E-state index contributed by atoms with van der Waals surface area (Å²) in [5.41, 5.74) is 2.31. The molecule has 0 bridgehead atoms. The van der Waals surface area contributed by atoms with Gasteiger partial charge >= 0.3 is 0 Å². The summed E-state index contributed by atoms with van der Waals surface area (Å²) in [4.78, 5) is 0. The maximum atomic E-state index is 5.54. The average molecular weight is 326 g/mol. The van der Waals surface area contributed by atoms with Gasteiger partial charge < -0.3 is 9.73 Å². The van der Waals surface area contributed by atoms with Crippen LogP contribution in [0.4, 0.5) is 0 Å². The highest BCUT2D eigenvalue weighted by Gasteiger charge is 2.13. The fourth-order valence-corrected chi connectivity index (χ4v) is 2.77. The van der Waals surface area contributed by atoms with Crippen LogP contribution < -0.4 is 5.32 Å². The van der Waals surface area contributed by atoms with E-state index in [2.05, 4.69) is 40.2 Å². The van der Waals surface area contributed by atoms with Gasteiger partial charge in [0.2, 0.25) is 0 Å². The topological polar surface area (TPSA) is 43.0 Å². The van der Waals surface area contributed by atoms with Crippen molar-refractivity contribution < 1.29 is 4.42 Å². The van der Waals surface area contributed by atoms with Crippen molar-refractivity contribution in [3.05, 3.63) is 39.5 Å². The van der Waals surface area contributed by atoms with Crippen molar-refractivity contribution in [3.63, 3.8) is 0 Å². The number of halogens is 1. The Balaban J connectivity index is 2.00. The van der Waals surface area contributed by atoms with E-state index < -0.39 is 0 Å². The van der Waals surface area contributed by atoms with Crippen LogP contribution in [0, 0.1) is 6.92 Å². The van der Waals surface area contributed by atoms with E-state index in [4.69, 9.17) is 4.42 Å². The quantitative estimate of drug-likeness (QED) is 0.884. The second kappa shape index (κ2) is 6.39. The van der Waals surface area contributed by atoms with Crippen LogP contribution in [-0.4, -0.2) is 9.78 Å². The van der Waals surface area contributed by atoms with Gasteiger partial charge in [-0.15, -0.1) is 0 Å². The largest absolute Gasteiger partial charge is 0.465 e. The molecule has 0 spiro atoms. The predicted molar refractivity (Wildman–Crippen MR) is 79.0 cm³/mol. The van der Waals surface area contributed by atoms with Gasteiger partial charge in [-0.05, 0) is 48.3 Å². The van der Waals surface area contributed by atoms with Gasteiger partial charge in [0.15, 0.2) is 0 Å². The van der Waals surface area contributed by atoms with Crippen molar-refractivity contribution in [1.29, 1.82) is 0 Å². The summed E-state index contributed by atoms with van der Waals surface area (Å²) >= 11 is 3.65. The van der Waals surface area contributed by atoms with Crippen molar-refractivity contribution >= 4 is 15.9 Å². The van der Waals surface area contributed by atoms with Crippen LogP contribution in [0.15, 0.2) is 21.0 Å². The molecule has 0 saturated carbocycles. The Morgan fingerprint density at radius 2 is 2.11 bits per heavy atom. The minimum atomic E-state index is 0.733. The number of hydrogen-bond donors (Lipinski definition) is 1. The van der Waals surface area contributed by atoms with Crippen molar-refractivity contribution in [3.8, 4) is 0 Å². The van der Waals surface area contributed by atoms with E-state index >= 15 is 0 Å². The molecule has 0 radical (unpaired) electrons. The molecule has 0 aliphatic heterocycles. The molecule has 0 unspecified atom stereocenters. The van der Waals surface area contributed by atoms with Gasteiger partial charge in [-0.2, -0.15) is 5.10 Å². The molecule has 2 aromatic rings. The highest BCUT2D eigenvalue weighted by Crippen LogP contribution is 2.22. The highest BCUT2D eigenvalue weighted by atomic mass is 79.9. The first kappa shape index (κ1) is 14.3. The van der Waals surface area contributed by atoms with Crippen molar-refractivity contribution in [2.45, 2.75) is 46.8 Å². The van der Waals surface area contributed by atoms with E-state index in [9.17, 15) is 0 Å². The van der Waals surface area contributed by atoms with E-state index in [-0.39, 0.29) is 0 Å². The van der Waals surface area contributed by atoms with Crippen LogP contribution in [0.25, 0.3) is 0 Å². The lowest BCUT2D eigenvalue weighted by Crippen LogP contribution is -2.16. The molecule has 0 amide bonds. The van der Waals surface area contributed by atoms with Crippen LogP contribution in [0.3, 0.4) is 0 Å². The molecule has 2 rings (SSSR count). The third-order valence-electron chi connectivity index (χ3n) is 3.08. The predicted octanol–water partition coefficient (Wildman–Crippen LogP) is 3.42. The molecule has 5 heteroatoms. The Morgan fingerprint density at radius 1 is 1.32 bits per heavy atom. The summed E-state index contributed by atoms with van der Waals surface area (Å²) in [6, 6.07) is 3.99. The Kier molecular flexibility index (Phi) is 4.82. The number of furan rings is 1. The molecular weight excluding hydrogens is 306 g/mol. The molecule has 0 aliphatic carbocycles. The van der Waals surface area contributed by atoms with Gasteiger partial charge in [-0.3, -0.25) is 4.68 Å². The summed E-state index contributed by atoms with van der Waals surface area (Å²) in [5.74, 6) is 1.91. The molecule has 0 atom stereocenters. The van der Waals surface area contributed by atoms with E-state index in [0.29, 0.717) is 0 Å².